The van der Waals surface area contributed by atoms with E-state index in [4.69, 9.17) is 10.2 Å². The van der Waals surface area contributed by atoms with Gasteiger partial charge in [-0.1, -0.05) is 24.3 Å². The number of hydrogen-bond acceptors (Lipinski definition) is 3. The number of fused-ring (bicyclic) bond motifs is 1. The van der Waals surface area contributed by atoms with Gasteiger partial charge in [0.15, 0.2) is 6.04 Å². The van der Waals surface area contributed by atoms with Gasteiger partial charge in [0.25, 0.3) is 0 Å². The van der Waals surface area contributed by atoms with E-state index >= 15 is 0 Å². The smallest absolute Gasteiger partial charge is 0.328 e. The highest BCUT2D eigenvalue weighted by Crippen LogP contribution is 2.20. The molecular formula is C14H18N2O4. The number of carbonyl (C=O) groups excluding carboxylic acids is 1. The van der Waals surface area contributed by atoms with Crippen molar-refractivity contribution in [1.82, 2.24) is 10.6 Å². The van der Waals surface area contributed by atoms with Crippen molar-refractivity contribution in [3.05, 3.63) is 35.4 Å². The van der Waals surface area contributed by atoms with E-state index in [0.717, 1.165) is 19.3 Å². The summed E-state index contributed by atoms with van der Waals surface area (Å²) >= 11 is 0. The molecule has 2 rings (SSSR count). The number of aliphatic carboxylic acids is 1. The number of carbonyl (C=O) groups is 2. The number of hydrogen-bond donors (Lipinski definition) is 4. The fourth-order valence-electron chi connectivity index (χ4n) is 2.39. The van der Waals surface area contributed by atoms with Crippen molar-refractivity contribution in [3.63, 3.8) is 0 Å². The molecule has 6 heteroatoms. The molecule has 6 nitrogen and oxygen atoms in total. The maximum absolute atomic E-state index is 11.7. The molecule has 1 aromatic rings. The lowest BCUT2D eigenvalue weighted by atomic mass is 9.88. The van der Waals surface area contributed by atoms with Gasteiger partial charge in [-0.05, 0) is 30.4 Å². The summed E-state index contributed by atoms with van der Waals surface area (Å²) in [5.74, 6) is -1.25. The van der Waals surface area contributed by atoms with Crippen LogP contribution in [0.1, 0.15) is 17.5 Å². The minimum atomic E-state index is -1.27. The molecular weight excluding hydrogens is 260 g/mol. The van der Waals surface area contributed by atoms with Crippen LogP contribution in [-0.4, -0.2) is 40.9 Å². The van der Waals surface area contributed by atoms with Gasteiger partial charge in [-0.15, -0.1) is 0 Å². The molecule has 0 saturated carbocycles. The Hall–Kier alpha value is -2.08. The summed E-state index contributed by atoms with van der Waals surface area (Å²) in [5, 5.41) is 22.6. The topological polar surface area (TPSA) is 98.7 Å². The minimum absolute atomic E-state index is 0.0157. The lowest BCUT2D eigenvalue weighted by Crippen LogP contribution is -2.51. The number of urea groups is 1. The Bertz CT molecular complexity index is 504. The van der Waals surface area contributed by atoms with Crippen LogP contribution in [0.4, 0.5) is 4.79 Å². The Kier molecular flexibility index (Phi) is 4.57. The highest BCUT2D eigenvalue weighted by Gasteiger charge is 2.23. The van der Waals surface area contributed by atoms with Gasteiger partial charge in [0.05, 0.1) is 6.61 Å². The third-order valence-electron chi connectivity index (χ3n) is 3.47. The third-order valence-corrected chi connectivity index (χ3v) is 3.47. The molecule has 1 aromatic carbocycles. The summed E-state index contributed by atoms with van der Waals surface area (Å²) in [6, 6.07) is 6.23. The van der Waals surface area contributed by atoms with Gasteiger partial charge in [0.2, 0.25) is 0 Å². The standard InChI is InChI=1S/C14H18N2O4/c17-8-12(13(18)19)16-14(20)15-11-6-5-9-3-1-2-4-10(9)7-11/h1-4,11-12,17H,5-8H2,(H,18,19)(H2,15,16,20)/t11?,12-/m0/s1. The molecule has 1 aliphatic carbocycles. The van der Waals surface area contributed by atoms with E-state index in [2.05, 4.69) is 16.7 Å². The van der Waals surface area contributed by atoms with Crippen LogP contribution in [0.2, 0.25) is 0 Å². The SMILES string of the molecule is O=C(NC1CCc2ccccc2C1)N[C@@H](CO)C(=O)O. The van der Waals surface area contributed by atoms with Crippen molar-refractivity contribution in [2.75, 3.05) is 6.61 Å². The number of benzene rings is 1. The molecule has 4 N–H and O–H groups in total. The van der Waals surface area contributed by atoms with Gasteiger partial charge in [0.1, 0.15) is 0 Å². The fraction of sp³-hybridized carbons (Fsp3) is 0.429. The number of carboxylic acids is 1. The molecule has 1 aliphatic rings. The number of aliphatic hydroxyl groups excluding tert-OH is 1. The van der Waals surface area contributed by atoms with Crippen molar-refractivity contribution in [3.8, 4) is 0 Å². The van der Waals surface area contributed by atoms with Gasteiger partial charge in [0, 0.05) is 6.04 Å². The van der Waals surface area contributed by atoms with E-state index in [1.54, 1.807) is 0 Å². The molecule has 0 radical (unpaired) electrons. The zero-order valence-electron chi connectivity index (χ0n) is 11.0. The van der Waals surface area contributed by atoms with E-state index in [1.807, 2.05) is 18.2 Å². The zero-order chi connectivity index (χ0) is 14.5. The molecule has 0 spiro atoms. The van der Waals surface area contributed by atoms with Crippen molar-refractivity contribution in [1.29, 1.82) is 0 Å². The average Bonchev–Trinajstić information content (AvgIpc) is 2.44. The van der Waals surface area contributed by atoms with E-state index in [1.165, 1.54) is 11.1 Å². The third kappa shape index (κ3) is 3.48. The van der Waals surface area contributed by atoms with Crippen molar-refractivity contribution < 1.29 is 19.8 Å². The van der Waals surface area contributed by atoms with Crippen LogP contribution in [0, 0.1) is 0 Å². The second-order valence-corrected chi connectivity index (χ2v) is 4.90. The number of carboxylic acid groups (broad SMARTS) is 1. The van der Waals surface area contributed by atoms with E-state index in [0.29, 0.717) is 0 Å². The van der Waals surface area contributed by atoms with E-state index < -0.39 is 24.6 Å². The molecule has 20 heavy (non-hydrogen) atoms. The molecule has 0 aromatic heterocycles. The zero-order valence-corrected chi connectivity index (χ0v) is 11.0. The Morgan fingerprint density at radius 1 is 1.30 bits per heavy atom. The highest BCUT2D eigenvalue weighted by molar-refractivity contribution is 5.82. The summed E-state index contributed by atoms with van der Waals surface area (Å²) in [4.78, 5) is 22.4. The number of rotatable bonds is 4. The molecule has 108 valence electrons. The first kappa shape index (κ1) is 14.3. The minimum Gasteiger partial charge on any atom is -0.480 e. The Balaban J connectivity index is 1.89. The van der Waals surface area contributed by atoms with E-state index in [9.17, 15) is 9.59 Å². The van der Waals surface area contributed by atoms with Crippen LogP contribution in [0.3, 0.4) is 0 Å². The van der Waals surface area contributed by atoms with Crippen molar-refractivity contribution in [2.24, 2.45) is 0 Å². The quantitative estimate of drug-likeness (QED) is 0.636. The summed E-state index contributed by atoms with van der Waals surface area (Å²) in [7, 11) is 0. The predicted octanol–water partition coefficient (Wildman–Crippen LogP) is 0.289. The van der Waals surface area contributed by atoms with Gasteiger partial charge >= 0.3 is 12.0 Å². The molecule has 2 atom stereocenters. The monoisotopic (exact) mass is 278 g/mol. The first-order chi connectivity index (χ1) is 9.60. The van der Waals surface area contributed by atoms with Crippen molar-refractivity contribution >= 4 is 12.0 Å². The lowest BCUT2D eigenvalue weighted by Gasteiger charge is -2.26. The first-order valence-electron chi connectivity index (χ1n) is 6.57. The van der Waals surface area contributed by atoms with Crippen LogP contribution < -0.4 is 10.6 Å². The van der Waals surface area contributed by atoms with E-state index in [-0.39, 0.29) is 6.04 Å². The molecule has 0 saturated heterocycles. The van der Waals surface area contributed by atoms with Crippen LogP contribution in [0.5, 0.6) is 0 Å². The molecule has 1 unspecified atom stereocenters. The van der Waals surface area contributed by atoms with Gasteiger partial charge in [-0.2, -0.15) is 0 Å². The number of aryl methyl sites for hydroxylation is 1. The Morgan fingerprint density at radius 3 is 2.65 bits per heavy atom. The van der Waals surface area contributed by atoms with Crippen LogP contribution in [0.25, 0.3) is 0 Å². The average molecular weight is 278 g/mol. The van der Waals surface area contributed by atoms with Crippen LogP contribution in [-0.2, 0) is 17.6 Å². The largest absolute Gasteiger partial charge is 0.480 e. The summed E-state index contributed by atoms with van der Waals surface area (Å²) in [6.45, 7) is -0.629. The van der Waals surface area contributed by atoms with Gasteiger partial charge in [-0.25, -0.2) is 9.59 Å². The number of nitrogens with one attached hydrogen (secondary N) is 2. The second-order valence-electron chi connectivity index (χ2n) is 4.90. The summed E-state index contributed by atoms with van der Waals surface area (Å²) < 4.78 is 0. The normalized spacial score (nSPS) is 18.8. The second kappa shape index (κ2) is 6.38. The predicted molar refractivity (Wildman–Crippen MR) is 72.4 cm³/mol. The summed E-state index contributed by atoms with van der Waals surface area (Å²) in [5.41, 5.74) is 2.51. The molecule has 0 heterocycles. The Labute approximate surface area is 116 Å². The lowest BCUT2D eigenvalue weighted by molar-refractivity contribution is -0.140. The Morgan fingerprint density at radius 2 is 2.00 bits per heavy atom. The van der Waals surface area contributed by atoms with Crippen LogP contribution in [0.15, 0.2) is 24.3 Å². The number of amides is 2. The molecule has 2 amide bonds. The van der Waals surface area contributed by atoms with Crippen molar-refractivity contribution in [2.45, 2.75) is 31.3 Å². The first-order valence-corrected chi connectivity index (χ1v) is 6.57. The maximum Gasteiger partial charge on any atom is 0.328 e. The fourth-order valence-corrected chi connectivity index (χ4v) is 2.39. The van der Waals surface area contributed by atoms with Gasteiger partial charge < -0.3 is 20.8 Å². The highest BCUT2D eigenvalue weighted by atomic mass is 16.4. The summed E-state index contributed by atoms with van der Waals surface area (Å²) in [6.07, 6.45) is 2.45. The molecule has 0 fully saturated rings. The molecule has 0 bridgehead atoms. The van der Waals surface area contributed by atoms with Gasteiger partial charge in [-0.3, -0.25) is 0 Å². The maximum atomic E-state index is 11.7. The molecule has 0 aliphatic heterocycles. The van der Waals surface area contributed by atoms with Crippen LogP contribution >= 0.6 is 0 Å². The number of aliphatic hydroxyl groups is 1.